The summed E-state index contributed by atoms with van der Waals surface area (Å²) in [5.41, 5.74) is 2.18. The van der Waals surface area contributed by atoms with Crippen LogP contribution < -0.4 is 15.4 Å². The van der Waals surface area contributed by atoms with E-state index in [4.69, 9.17) is 4.74 Å². The summed E-state index contributed by atoms with van der Waals surface area (Å²) >= 11 is 0. The highest BCUT2D eigenvalue weighted by Crippen LogP contribution is 2.13. The maximum absolute atomic E-state index is 12.9. The third-order valence-corrected chi connectivity index (χ3v) is 3.52. The lowest BCUT2D eigenvalue weighted by atomic mass is 10.1. The molecule has 0 aliphatic carbocycles. The minimum Gasteiger partial charge on any atom is -0.497 e. The number of rotatable bonds is 7. The van der Waals surface area contributed by atoms with Crippen LogP contribution in [0.25, 0.3) is 0 Å². The molecule has 2 rings (SSSR count). The molecule has 0 amide bonds. The number of nitrogens with one attached hydrogen (secondary N) is 2. The zero-order chi connectivity index (χ0) is 17.2. The molecule has 0 atom stereocenters. The Kier molecular flexibility index (Phi) is 9.91. The average Bonchev–Trinajstić information content (AvgIpc) is 2.61. The normalized spacial score (nSPS) is 10.8. The van der Waals surface area contributed by atoms with Crippen molar-refractivity contribution in [2.75, 3.05) is 20.2 Å². The molecular weight excluding hydrogens is 432 g/mol. The van der Waals surface area contributed by atoms with Gasteiger partial charge in [-0.25, -0.2) is 9.38 Å². The molecule has 25 heavy (non-hydrogen) atoms. The highest BCUT2D eigenvalue weighted by atomic mass is 127. The van der Waals surface area contributed by atoms with E-state index in [1.54, 1.807) is 19.2 Å². The van der Waals surface area contributed by atoms with Crippen molar-refractivity contribution in [2.45, 2.75) is 19.9 Å². The minimum absolute atomic E-state index is 0. The maximum atomic E-state index is 12.9. The smallest absolute Gasteiger partial charge is 0.191 e. The first-order chi connectivity index (χ1) is 11.7. The molecule has 0 spiro atoms. The van der Waals surface area contributed by atoms with Crippen molar-refractivity contribution < 1.29 is 9.13 Å². The molecule has 0 saturated carbocycles. The SMILES string of the molecule is CCNC(=NCc1cccc(OC)c1)NCCc1ccc(F)cc1.I. The van der Waals surface area contributed by atoms with Crippen LogP contribution in [0.3, 0.4) is 0 Å². The Hall–Kier alpha value is -1.83. The number of nitrogens with zero attached hydrogens (tertiary/aromatic N) is 1. The highest BCUT2D eigenvalue weighted by molar-refractivity contribution is 14.0. The van der Waals surface area contributed by atoms with E-state index >= 15 is 0 Å². The molecule has 2 N–H and O–H groups in total. The van der Waals surface area contributed by atoms with Crippen LogP contribution in [0.15, 0.2) is 53.5 Å². The van der Waals surface area contributed by atoms with E-state index in [1.165, 1.54) is 12.1 Å². The molecule has 0 unspecified atom stereocenters. The van der Waals surface area contributed by atoms with E-state index in [9.17, 15) is 4.39 Å². The van der Waals surface area contributed by atoms with E-state index in [-0.39, 0.29) is 29.8 Å². The van der Waals surface area contributed by atoms with Crippen LogP contribution in [0.1, 0.15) is 18.1 Å². The van der Waals surface area contributed by atoms with Crippen molar-refractivity contribution in [3.05, 3.63) is 65.5 Å². The predicted octanol–water partition coefficient (Wildman–Crippen LogP) is 3.75. The van der Waals surface area contributed by atoms with E-state index in [0.717, 1.165) is 42.3 Å². The standard InChI is InChI=1S/C19H24FN3O.HI/c1-3-21-19(22-12-11-15-7-9-17(20)10-8-15)23-14-16-5-4-6-18(13-16)24-2;/h4-10,13H,3,11-12,14H2,1-2H3,(H2,21,22,23);1H. The largest absolute Gasteiger partial charge is 0.497 e. The topological polar surface area (TPSA) is 45.7 Å². The van der Waals surface area contributed by atoms with Gasteiger partial charge in [0, 0.05) is 13.1 Å². The van der Waals surface area contributed by atoms with Gasteiger partial charge in [0.25, 0.3) is 0 Å². The molecule has 2 aromatic rings. The summed E-state index contributed by atoms with van der Waals surface area (Å²) in [6, 6.07) is 14.4. The molecule has 0 bridgehead atoms. The molecule has 0 aliphatic heterocycles. The van der Waals surface area contributed by atoms with Crippen LogP contribution in [-0.2, 0) is 13.0 Å². The molecule has 0 saturated heterocycles. The molecular formula is C19H25FIN3O. The lowest BCUT2D eigenvalue weighted by molar-refractivity contribution is 0.414. The number of methoxy groups -OCH3 is 1. The Labute approximate surface area is 165 Å². The Morgan fingerprint density at radius 2 is 1.84 bits per heavy atom. The predicted molar refractivity (Wildman–Crippen MR) is 111 cm³/mol. The number of guanidine groups is 1. The molecule has 0 radical (unpaired) electrons. The van der Waals surface area contributed by atoms with Crippen LogP contribution in [0, 0.1) is 5.82 Å². The van der Waals surface area contributed by atoms with E-state index in [0.29, 0.717) is 6.54 Å². The zero-order valence-corrected chi connectivity index (χ0v) is 16.9. The van der Waals surface area contributed by atoms with Crippen molar-refractivity contribution in [2.24, 2.45) is 4.99 Å². The second-order valence-electron chi connectivity index (χ2n) is 5.35. The van der Waals surface area contributed by atoms with E-state index in [2.05, 4.69) is 15.6 Å². The van der Waals surface area contributed by atoms with E-state index in [1.807, 2.05) is 31.2 Å². The van der Waals surface area contributed by atoms with Gasteiger partial charge in [0.1, 0.15) is 11.6 Å². The number of benzene rings is 2. The minimum atomic E-state index is -0.208. The number of ether oxygens (including phenoxy) is 1. The van der Waals surface area contributed by atoms with Crippen LogP contribution in [0.5, 0.6) is 5.75 Å². The lowest BCUT2D eigenvalue weighted by Crippen LogP contribution is -2.38. The van der Waals surface area contributed by atoms with Gasteiger partial charge in [-0.2, -0.15) is 0 Å². The molecule has 0 fully saturated rings. The van der Waals surface area contributed by atoms with Crippen LogP contribution in [-0.4, -0.2) is 26.2 Å². The Morgan fingerprint density at radius 1 is 1.08 bits per heavy atom. The number of hydrogen-bond donors (Lipinski definition) is 2. The second kappa shape index (κ2) is 11.7. The molecule has 4 nitrogen and oxygen atoms in total. The Morgan fingerprint density at radius 3 is 2.52 bits per heavy atom. The molecule has 6 heteroatoms. The summed E-state index contributed by atoms with van der Waals surface area (Å²) in [4.78, 5) is 4.58. The quantitative estimate of drug-likeness (QED) is 0.378. The van der Waals surface area contributed by atoms with Gasteiger partial charge in [0.15, 0.2) is 5.96 Å². The fourth-order valence-electron chi connectivity index (χ4n) is 2.26. The third kappa shape index (κ3) is 7.72. The molecule has 136 valence electrons. The van der Waals surface area contributed by atoms with Crippen molar-refractivity contribution in [1.29, 1.82) is 0 Å². The monoisotopic (exact) mass is 457 g/mol. The van der Waals surface area contributed by atoms with Crippen molar-refractivity contribution in [1.82, 2.24) is 10.6 Å². The third-order valence-electron chi connectivity index (χ3n) is 3.52. The molecule has 0 heterocycles. The first-order valence-electron chi connectivity index (χ1n) is 8.11. The first-order valence-corrected chi connectivity index (χ1v) is 8.11. The van der Waals surface area contributed by atoms with E-state index < -0.39 is 0 Å². The first kappa shape index (κ1) is 21.2. The maximum Gasteiger partial charge on any atom is 0.191 e. The van der Waals surface area contributed by atoms with Crippen molar-refractivity contribution >= 4 is 29.9 Å². The fraction of sp³-hybridized carbons (Fsp3) is 0.316. The Balaban J connectivity index is 0.00000312. The summed E-state index contributed by atoms with van der Waals surface area (Å²) < 4.78 is 18.1. The number of aliphatic imine (C=N–C) groups is 1. The van der Waals surface area contributed by atoms with Gasteiger partial charge >= 0.3 is 0 Å². The van der Waals surface area contributed by atoms with Gasteiger partial charge in [0.2, 0.25) is 0 Å². The summed E-state index contributed by atoms with van der Waals surface area (Å²) in [5.74, 6) is 1.39. The molecule has 2 aromatic carbocycles. The average molecular weight is 457 g/mol. The summed E-state index contributed by atoms with van der Waals surface area (Å²) in [6.45, 7) is 4.13. The fourth-order valence-corrected chi connectivity index (χ4v) is 2.26. The zero-order valence-electron chi connectivity index (χ0n) is 14.6. The van der Waals surface area contributed by atoms with Gasteiger partial charge in [-0.3, -0.25) is 0 Å². The molecule has 0 aliphatic rings. The Bertz CT molecular complexity index is 662. The van der Waals surface area contributed by atoms with Crippen molar-refractivity contribution in [3.63, 3.8) is 0 Å². The van der Waals surface area contributed by atoms with Gasteiger partial charge in [-0.05, 0) is 48.7 Å². The van der Waals surface area contributed by atoms with Crippen LogP contribution in [0.2, 0.25) is 0 Å². The van der Waals surface area contributed by atoms with Crippen molar-refractivity contribution in [3.8, 4) is 5.75 Å². The lowest BCUT2D eigenvalue weighted by Gasteiger charge is -2.11. The van der Waals surface area contributed by atoms with Gasteiger partial charge in [-0.1, -0.05) is 24.3 Å². The van der Waals surface area contributed by atoms with Gasteiger partial charge in [-0.15, -0.1) is 24.0 Å². The van der Waals surface area contributed by atoms with Gasteiger partial charge in [0.05, 0.1) is 13.7 Å². The molecule has 0 aromatic heterocycles. The van der Waals surface area contributed by atoms with Crippen LogP contribution in [0.4, 0.5) is 4.39 Å². The summed E-state index contributed by atoms with van der Waals surface area (Å²) in [5, 5.41) is 6.52. The summed E-state index contributed by atoms with van der Waals surface area (Å²) in [7, 11) is 1.66. The van der Waals surface area contributed by atoms with Gasteiger partial charge < -0.3 is 15.4 Å². The van der Waals surface area contributed by atoms with Crippen LogP contribution >= 0.6 is 24.0 Å². The second-order valence-corrected chi connectivity index (χ2v) is 5.35. The summed E-state index contributed by atoms with van der Waals surface area (Å²) in [6.07, 6.45) is 0.809. The number of hydrogen-bond acceptors (Lipinski definition) is 2. The highest BCUT2D eigenvalue weighted by Gasteiger charge is 2.00. The number of halogens is 2.